The number of amides is 3. The number of hydrogen-bond acceptors (Lipinski definition) is 4. The first-order valence-electron chi connectivity index (χ1n) is 4.51. The highest BCUT2D eigenvalue weighted by Crippen LogP contribution is 2.09. The van der Waals surface area contributed by atoms with E-state index in [0.29, 0.717) is 0 Å². The summed E-state index contributed by atoms with van der Waals surface area (Å²) in [6, 6.07) is 1.08. The Morgan fingerprint density at radius 3 is 2.80 bits per heavy atom. The van der Waals surface area contributed by atoms with Gasteiger partial charge in [-0.3, -0.25) is 19.7 Å². The minimum absolute atomic E-state index is 0.169. The van der Waals surface area contributed by atoms with Crippen LogP contribution in [0.3, 0.4) is 0 Å². The molecule has 3 amide bonds. The molecule has 0 spiro atoms. The zero-order chi connectivity index (χ0) is 11.6. The summed E-state index contributed by atoms with van der Waals surface area (Å²) in [6.45, 7) is 2.79. The van der Waals surface area contributed by atoms with Crippen molar-refractivity contribution in [2.75, 3.05) is 6.54 Å². The van der Waals surface area contributed by atoms with Gasteiger partial charge in [0.05, 0.1) is 6.07 Å². The molecule has 1 heterocycles. The first-order chi connectivity index (χ1) is 6.97. The van der Waals surface area contributed by atoms with Gasteiger partial charge in [-0.15, -0.1) is 0 Å². The van der Waals surface area contributed by atoms with Crippen LogP contribution in [0.25, 0.3) is 0 Å². The van der Waals surface area contributed by atoms with E-state index in [1.54, 1.807) is 6.07 Å². The Hall–Kier alpha value is -1.90. The zero-order valence-corrected chi connectivity index (χ0v) is 8.48. The number of rotatable bonds is 1. The molecule has 0 radical (unpaired) electrons. The lowest BCUT2D eigenvalue weighted by Gasteiger charge is -2.32. The Balaban J connectivity index is 2.85. The van der Waals surface area contributed by atoms with Crippen molar-refractivity contribution in [2.45, 2.75) is 19.9 Å². The van der Waals surface area contributed by atoms with E-state index in [0.717, 1.165) is 4.90 Å². The summed E-state index contributed by atoms with van der Waals surface area (Å²) >= 11 is 0. The van der Waals surface area contributed by atoms with Crippen LogP contribution in [0, 0.1) is 17.2 Å². The van der Waals surface area contributed by atoms with Gasteiger partial charge in [-0.25, -0.2) is 0 Å². The zero-order valence-electron chi connectivity index (χ0n) is 8.48. The molecule has 6 nitrogen and oxygen atoms in total. The SMILES string of the molecule is CC(C#N)C(=O)N1CC(=O)NC(=O)C1C. The Morgan fingerprint density at radius 2 is 2.27 bits per heavy atom. The van der Waals surface area contributed by atoms with Gasteiger partial charge < -0.3 is 4.90 Å². The molecule has 1 rings (SSSR count). The topological polar surface area (TPSA) is 90.3 Å². The fourth-order valence-electron chi connectivity index (χ4n) is 1.29. The lowest BCUT2D eigenvalue weighted by Crippen LogP contribution is -2.59. The second-order valence-corrected chi connectivity index (χ2v) is 3.41. The lowest BCUT2D eigenvalue weighted by atomic mass is 10.1. The highest BCUT2D eigenvalue weighted by molar-refractivity contribution is 6.04. The van der Waals surface area contributed by atoms with Gasteiger partial charge in [0.25, 0.3) is 0 Å². The van der Waals surface area contributed by atoms with Gasteiger partial charge in [-0.1, -0.05) is 0 Å². The second kappa shape index (κ2) is 4.09. The first-order valence-corrected chi connectivity index (χ1v) is 4.51. The Bertz CT molecular complexity index is 358. The maximum atomic E-state index is 11.6. The third-order valence-electron chi connectivity index (χ3n) is 2.27. The Kier molecular flexibility index (Phi) is 3.04. The van der Waals surface area contributed by atoms with E-state index in [2.05, 4.69) is 5.32 Å². The van der Waals surface area contributed by atoms with Crippen LogP contribution in [-0.2, 0) is 14.4 Å². The maximum Gasteiger partial charge on any atom is 0.249 e. The van der Waals surface area contributed by atoms with E-state index in [4.69, 9.17) is 5.26 Å². The van der Waals surface area contributed by atoms with Gasteiger partial charge in [0, 0.05) is 0 Å². The van der Waals surface area contributed by atoms with Crippen molar-refractivity contribution in [3.63, 3.8) is 0 Å². The van der Waals surface area contributed by atoms with Crippen LogP contribution >= 0.6 is 0 Å². The van der Waals surface area contributed by atoms with E-state index < -0.39 is 29.7 Å². The van der Waals surface area contributed by atoms with Gasteiger partial charge in [0.2, 0.25) is 17.7 Å². The normalized spacial score (nSPS) is 23.0. The first kappa shape index (κ1) is 11.2. The smallest absolute Gasteiger partial charge is 0.249 e. The van der Waals surface area contributed by atoms with Gasteiger partial charge in [0.15, 0.2) is 0 Å². The van der Waals surface area contributed by atoms with Crippen LogP contribution in [0.4, 0.5) is 0 Å². The van der Waals surface area contributed by atoms with Crippen molar-refractivity contribution in [2.24, 2.45) is 5.92 Å². The molecule has 80 valence electrons. The molecule has 1 aliphatic rings. The van der Waals surface area contributed by atoms with E-state index in [-0.39, 0.29) is 6.54 Å². The fourth-order valence-corrected chi connectivity index (χ4v) is 1.29. The molecule has 0 aromatic rings. The molecule has 1 fully saturated rings. The number of imide groups is 1. The van der Waals surface area contributed by atoms with Crippen molar-refractivity contribution in [3.05, 3.63) is 0 Å². The van der Waals surface area contributed by atoms with Crippen molar-refractivity contribution in [1.29, 1.82) is 5.26 Å². The molecule has 1 saturated heterocycles. The quantitative estimate of drug-likeness (QED) is 0.562. The number of piperazine rings is 1. The summed E-state index contributed by atoms with van der Waals surface area (Å²) in [5.41, 5.74) is 0. The van der Waals surface area contributed by atoms with Gasteiger partial charge in [-0.2, -0.15) is 5.26 Å². The Labute approximate surface area is 86.8 Å². The standard InChI is InChI=1S/C9H11N3O3/c1-5(3-10)9(15)12-4-7(13)11-8(14)6(12)2/h5-6H,4H2,1-2H3,(H,11,13,14). The molecule has 6 heteroatoms. The third kappa shape index (κ3) is 2.13. The lowest BCUT2D eigenvalue weighted by molar-refractivity contribution is -0.150. The van der Waals surface area contributed by atoms with Crippen LogP contribution in [0.2, 0.25) is 0 Å². The highest BCUT2D eigenvalue weighted by atomic mass is 16.2. The van der Waals surface area contributed by atoms with Gasteiger partial charge in [-0.05, 0) is 13.8 Å². The van der Waals surface area contributed by atoms with Crippen LogP contribution in [0.15, 0.2) is 0 Å². The average molecular weight is 209 g/mol. The van der Waals surface area contributed by atoms with E-state index in [1.165, 1.54) is 13.8 Å². The molecular formula is C9H11N3O3. The summed E-state index contributed by atoms with van der Waals surface area (Å²) in [4.78, 5) is 35.0. The summed E-state index contributed by atoms with van der Waals surface area (Å²) in [6.07, 6.45) is 0. The predicted octanol–water partition coefficient (Wildman–Crippen LogP) is -0.980. The molecule has 0 aromatic carbocycles. The van der Waals surface area contributed by atoms with Crippen LogP contribution < -0.4 is 5.32 Å². The molecule has 0 aliphatic carbocycles. The number of carbonyl (C=O) groups is 3. The van der Waals surface area contributed by atoms with Gasteiger partial charge in [0.1, 0.15) is 18.5 Å². The molecule has 2 atom stereocenters. The highest BCUT2D eigenvalue weighted by Gasteiger charge is 2.35. The molecule has 0 aromatic heterocycles. The Morgan fingerprint density at radius 1 is 1.67 bits per heavy atom. The summed E-state index contributed by atoms with van der Waals surface area (Å²) < 4.78 is 0. The van der Waals surface area contributed by atoms with E-state index >= 15 is 0 Å². The number of nitrogens with one attached hydrogen (secondary N) is 1. The summed E-state index contributed by atoms with van der Waals surface area (Å²) in [5.74, 6) is -2.36. The number of hydrogen-bond donors (Lipinski definition) is 1. The minimum atomic E-state index is -0.842. The predicted molar refractivity (Wildman–Crippen MR) is 49.1 cm³/mol. The molecule has 0 saturated carbocycles. The summed E-state index contributed by atoms with van der Waals surface area (Å²) in [5, 5.41) is 10.7. The molecule has 0 bridgehead atoms. The number of nitriles is 1. The third-order valence-corrected chi connectivity index (χ3v) is 2.27. The molecule has 1 aliphatic heterocycles. The van der Waals surface area contributed by atoms with E-state index in [1.807, 2.05) is 0 Å². The largest absolute Gasteiger partial charge is 0.320 e. The van der Waals surface area contributed by atoms with Crippen molar-refractivity contribution in [1.82, 2.24) is 10.2 Å². The molecule has 15 heavy (non-hydrogen) atoms. The number of carbonyl (C=O) groups excluding carboxylic acids is 3. The molecular weight excluding hydrogens is 198 g/mol. The van der Waals surface area contributed by atoms with Crippen LogP contribution in [0.5, 0.6) is 0 Å². The fraction of sp³-hybridized carbons (Fsp3) is 0.556. The van der Waals surface area contributed by atoms with Crippen LogP contribution in [0.1, 0.15) is 13.8 Å². The molecule has 1 N–H and O–H groups in total. The maximum absolute atomic E-state index is 11.6. The minimum Gasteiger partial charge on any atom is -0.320 e. The average Bonchev–Trinajstić information content (AvgIpc) is 2.21. The monoisotopic (exact) mass is 209 g/mol. The molecule has 2 unspecified atom stereocenters. The second-order valence-electron chi connectivity index (χ2n) is 3.41. The summed E-state index contributed by atoms with van der Waals surface area (Å²) in [7, 11) is 0. The van der Waals surface area contributed by atoms with Crippen LogP contribution in [-0.4, -0.2) is 35.2 Å². The van der Waals surface area contributed by atoms with Gasteiger partial charge >= 0.3 is 0 Å². The van der Waals surface area contributed by atoms with Crippen molar-refractivity contribution in [3.8, 4) is 6.07 Å². The van der Waals surface area contributed by atoms with Crippen molar-refractivity contribution >= 4 is 17.7 Å². The number of nitrogens with zero attached hydrogens (tertiary/aromatic N) is 2. The van der Waals surface area contributed by atoms with E-state index in [9.17, 15) is 14.4 Å². The van der Waals surface area contributed by atoms with Crippen molar-refractivity contribution < 1.29 is 14.4 Å².